The number of alkyl halides is 3. The topological polar surface area (TPSA) is 79.5 Å². The van der Waals surface area contributed by atoms with Gasteiger partial charge in [-0.1, -0.05) is 48.5 Å². The largest absolute Gasteiger partial charge is 0.489 e. The lowest BCUT2D eigenvalue weighted by molar-refractivity contribution is -0.137. The van der Waals surface area contributed by atoms with Crippen LogP contribution in [0.3, 0.4) is 0 Å². The van der Waals surface area contributed by atoms with Crippen LogP contribution in [0.4, 0.5) is 23.7 Å². The Kier molecular flexibility index (Phi) is 6.77. The van der Waals surface area contributed by atoms with Crippen molar-refractivity contribution in [1.82, 2.24) is 10.6 Å². The van der Waals surface area contributed by atoms with Crippen molar-refractivity contribution in [2.24, 2.45) is 0 Å². The van der Waals surface area contributed by atoms with E-state index < -0.39 is 29.7 Å². The summed E-state index contributed by atoms with van der Waals surface area (Å²) in [7, 11) is 0. The van der Waals surface area contributed by atoms with E-state index in [4.69, 9.17) is 4.74 Å². The van der Waals surface area contributed by atoms with Gasteiger partial charge >= 0.3 is 12.2 Å². The van der Waals surface area contributed by atoms with Crippen molar-refractivity contribution in [2.75, 3.05) is 5.32 Å². The lowest BCUT2D eigenvalue weighted by Crippen LogP contribution is -2.45. The van der Waals surface area contributed by atoms with E-state index in [0.717, 1.165) is 17.7 Å². The summed E-state index contributed by atoms with van der Waals surface area (Å²) in [6, 6.07) is 19.6. The van der Waals surface area contributed by atoms with E-state index in [2.05, 4.69) is 16.0 Å². The summed E-state index contributed by atoms with van der Waals surface area (Å²) in [6.45, 7) is 1.94. The molecule has 0 bridgehead atoms. The molecule has 0 saturated heterocycles. The first-order valence-electron chi connectivity index (χ1n) is 10.7. The van der Waals surface area contributed by atoms with Crippen molar-refractivity contribution in [3.63, 3.8) is 0 Å². The molecule has 3 N–H and O–H groups in total. The van der Waals surface area contributed by atoms with E-state index in [1.165, 1.54) is 12.1 Å². The van der Waals surface area contributed by atoms with Gasteiger partial charge in [0.25, 0.3) is 5.91 Å². The molecule has 180 valence electrons. The van der Waals surface area contributed by atoms with Crippen LogP contribution in [-0.2, 0) is 17.6 Å². The first-order valence-corrected chi connectivity index (χ1v) is 10.7. The number of carbonyl (C=O) groups excluding carboxylic acids is 2. The van der Waals surface area contributed by atoms with Crippen LogP contribution in [0, 0.1) is 0 Å². The van der Waals surface area contributed by atoms with Gasteiger partial charge in [0.15, 0.2) is 0 Å². The Labute approximate surface area is 199 Å². The normalized spacial score (nSPS) is 15.8. The van der Waals surface area contributed by atoms with Crippen LogP contribution in [0.1, 0.15) is 29.7 Å². The third-order valence-electron chi connectivity index (χ3n) is 5.42. The number of allylic oxidation sites excluding steroid dienone is 1. The van der Waals surface area contributed by atoms with Crippen molar-refractivity contribution in [3.05, 3.63) is 107 Å². The van der Waals surface area contributed by atoms with Gasteiger partial charge in [0.2, 0.25) is 0 Å². The number of rotatable bonds is 6. The fraction of sp³-hybridized carbons (Fsp3) is 0.154. The molecule has 0 radical (unpaired) electrons. The van der Waals surface area contributed by atoms with Crippen LogP contribution < -0.4 is 20.7 Å². The highest BCUT2D eigenvalue weighted by Gasteiger charge is 2.33. The van der Waals surface area contributed by atoms with Gasteiger partial charge in [-0.15, -0.1) is 0 Å². The standard InChI is InChI=1S/C26H22F3N3O3/c1-16-22(24(33)31-20-9-5-8-19(14-20)26(27,28)29)23(32-25(34)30-16)18-10-12-21(13-11-18)35-15-17-6-3-2-4-7-17/h2-14,23H,15H2,1H3,(H,31,33)(H2,30,32,34)/t23-/m0/s1. The van der Waals surface area contributed by atoms with Gasteiger partial charge in [0.05, 0.1) is 17.2 Å². The van der Waals surface area contributed by atoms with Crippen molar-refractivity contribution >= 4 is 17.6 Å². The first kappa shape index (κ1) is 23.9. The second kappa shape index (κ2) is 9.92. The van der Waals surface area contributed by atoms with Crippen LogP contribution in [0.15, 0.2) is 90.1 Å². The van der Waals surface area contributed by atoms with Crippen molar-refractivity contribution in [1.29, 1.82) is 0 Å². The molecular formula is C26H22F3N3O3. The lowest BCUT2D eigenvalue weighted by Gasteiger charge is -2.28. The average Bonchev–Trinajstić information content (AvgIpc) is 2.83. The molecule has 4 rings (SSSR count). The second-order valence-corrected chi connectivity index (χ2v) is 7.95. The first-order chi connectivity index (χ1) is 16.7. The van der Waals surface area contributed by atoms with E-state index in [-0.39, 0.29) is 11.3 Å². The molecule has 0 saturated carbocycles. The van der Waals surface area contributed by atoms with Gasteiger partial charge in [0.1, 0.15) is 12.4 Å². The highest BCUT2D eigenvalue weighted by atomic mass is 19.4. The van der Waals surface area contributed by atoms with Gasteiger partial charge in [-0.3, -0.25) is 4.79 Å². The molecule has 0 fully saturated rings. The molecule has 0 spiro atoms. The Morgan fingerprint density at radius 1 is 1.00 bits per heavy atom. The molecule has 1 aliphatic heterocycles. The predicted octanol–water partition coefficient (Wildman–Crippen LogP) is 5.55. The fourth-order valence-electron chi connectivity index (χ4n) is 3.71. The Hall–Kier alpha value is -4.27. The number of benzene rings is 3. The summed E-state index contributed by atoms with van der Waals surface area (Å²) in [5, 5.41) is 7.75. The Bertz CT molecular complexity index is 1260. The molecular weight excluding hydrogens is 459 g/mol. The Balaban J connectivity index is 1.53. The van der Waals surface area contributed by atoms with E-state index in [1.54, 1.807) is 31.2 Å². The maximum atomic E-state index is 13.1. The monoisotopic (exact) mass is 481 g/mol. The van der Waals surface area contributed by atoms with Gasteiger partial charge in [-0.2, -0.15) is 13.2 Å². The molecule has 0 unspecified atom stereocenters. The maximum Gasteiger partial charge on any atom is 0.416 e. The summed E-state index contributed by atoms with van der Waals surface area (Å²) >= 11 is 0. The molecule has 35 heavy (non-hydrogen) atoms. The smallest absolute Gasteiger partial charge is 0.416 e. The third kappa shape index (κ3) is 5.81. The van der Waals surface area contributed by atoms with Crippen LogP contribution >= 0.6 is 0 Å². The van der Waals surface area contributed by atoms with Gasteiger partial charge in [-0.05, 0) is 48.4 Å². The quantitative estimate of drug-likeness (QED) is 0.432. The lowest BCUT2D eigenvalue weighted by atomic mass is 9.94. The number of ether oxygens (including phenoxy) is 1. The van der Waals surface area contributed by atoms with Gasteiger partial charge in [0, 0.05) is 11.4 Å². The number of carbonyl (C=O) groups is 2. The van der Waals surface area contributed by atoms with E-state index in [9.17, 15) is 22.8 Å². The Morgan fingerprint density at radius 2 is 1.71 bits per heavy atom. The average molecular weight is 481 g/mol. The predicted molar refractivity (Wildman–Crippen MR) is 124 cm³/mol. The highest BCUT2D eigenvalue weighted by molar-refractivity contribution is 6.06. The zero-order valence-electron chi connectivity index (χ0n) is 18.6. The van der Waals surface area contributed by atoms with Crippen LogP contribution in [-0.4, -0.2) is 11.9 Å². The number of amides is 3. The van der Waals surface area contributed by atoms with Crippen LogP contribution in [0.2, 0.25) is 0 Å². The summed E-state index contributed by atoms with van der Waals surface area (Å²) < 4.78 is 44.9. The molecule has 0 aliphatic carbocycles. The minimum atomic E-state index is -4.54. The summed E-state index contributed by atoms with van der Waals surface area (Å²) in [5.41, 5.74) is 1.21. The Morgan fingerprint density at radius 3 is 2.40 bits per heavy atom. The number of urea groups is 1. The van der Waals surface area contributed by atoms with E-state index in [1.807, 2.05) is 30.3 Å². The zero-order chi connectivity index (χ0) is 25.0. The van der Waals surface area contributed by atoms with Crippen molar-refractivity contribution in [2.45, 2.75) is 25.7 Å². The van der Waals surface area contributed by atoms with Crippen molar-refractivity contribution in [3.8, 4) is 5.75 Å². The number of hydrogen-bond acceptors (Lipinski definition) is 3. The molecule has 3 aromatic carbocycles. The highest BCUT2D eigenvalue weighted by Crippen LogP contribution is 2.32. The molecule has 3 amide bonds. The molecule has 3 aromatic rings. The van der Waals surface area contributed by atoms with Crippen molar-refractivity contribution < 1.29 is 27.5 Å². The summed E-state index contributed by atoms with van der Waals surface area (Å²) in [5.74, 6) is -0.0303. The summed E-state index contributed by atoms with van der Waals surface area (Å²) in [6.07, 6.45) is -4.54. The molecule has 9 heteroatoms. The number of halogens is 3. The van der Waals surface area contributed by atoms with Gasteiger partial charge in [-0.25, -0.2) is 4.79 Å². The summed E-state index contributed by atoms with van der Waals surface area (Å²) in [4.78, 5) is 25.2. The van der Waals surface area contributed by atoms with Crippen LogP contribution in [0.25, 0.3) is 0 Å². The zero-order valence-corrected chi connectivity index (χ0v) is 18.6. The minimum absolute atomic E-state index is 0.00886. The number of hydrogen-bond donors (Lipinski definition) is 3. The molecule has 0 aromatic heterocycles. The number of anilines is 1. The maximum absolute atomic E-state index is 13.1. The fourth-order valence-corrected chi connectivity index (χ4v) is 3.71. The molecule has 1 aliphatic rings. The second-order valence-electron chi connectivity index (χ2n) is 7.95. The molecule has 6 nitrogen and oxygen atoms in total. The van der Waals surface area contributed by atoms with E-state index in [0.29, 0.717) is 23.6 Å². The molecule has 1 heterocycles. The van der Waals surface area contributed by atoms with Crippen LogP contribution in [0.5, 0.6) is 5.75 Å². The number of nitrogens with one attached hydrogen (secondary N) is 3. The molecule has 1 atom stereocenters. The minimum Gasteiger partial charge on any atom is -0.489 e. The SMILES string of the molecule is CC1=C(C(=O)Nc2cccc(C(F)(F)F)c2)[C@H](c2ccc(OCc3ccccc3)cc2)NC(=O)N1. The van der Waals surface area contributed by atoms with Gasteiger partial charge < -0.3 is 20.7 Å². The van der Waals surface area contributed by atoms with E-state index >= 15 is 0 Å². The third-order valence-corrected chi connectivity index (χ3v) is 5.42.